The van der Waals surface area contributed by atoms with Gasteiger partial charge >= 0.3 is 12.1 Å². The summed E-state index contributed by atoms with van der Waals surface area (Å²) in [5, 5.41) is 4.62. The fourth-order valence-corrected chi connectivity index (χ4v) is 3.97. The van der Waals surface area contributed by atoms with Gasteiger partial charge in [0.1, 0.15) is 10.7 Å². The summed E-state index contributed by atoms with van der Waals surface area (Å²) in [5.41, 5.74) is -0.839. The van der Waals surface area contributed by atoms with Gasteiger partial charge in [-0.3, -0.25) is 14.4 Å². The summed E-state index contributed by atoms with van der Waals surface area (Å²) in [6, 6.07) is 15.7. The number of esters is 1. The molecule has 0 atom stereocenters. The van der Waals surface area contributed by atoms with Crippen LogP contribution in [-0.4, -0.2) is 29.8 Å². The summed E-state index contributed by atoms with van der Waals surface area (Å²) >= 11 is 6.16. The highest BCUT2D eigenvalue weighted by atomic mass is 35.5. The van der Waals surface area contributed by atoms with E-state index in [1.807, 2.05) is 0 Å². The number of rotatable bonds is 7. The molecule has 4 rings (SSSR count). The molecule has 0 aliphatic carbocycles. The Morgan fingerprint density at radius 1 is 0.875 bits per heavy atom. The smallest absolute Gasteiger partial charge is 0.418 e. The van der Waals surface area contributed by atoms with Crippen molar-refractivity contribution >= 4 is 52.4 Å². The largest absolute Gasteiger partial charge is 0.459 e. The van der Waals surface area contributed by atoms with Gasteiger partial charge in [-0.25, -0.2) is 9.69 Å². The Morgan fingerprint density at radius 3 is 2.08 bits per heavy atom. The lowest BCUT2D eigenvalue weighted by Crippen LogP contribution is -2.32. The number of nitrogens with zero attached hydrogens (tertiary/aromatic N) is 1. The second-order valence-electron chi connectivity index (χ2n) is 8.84. The first-order valence-corrected chi connectivity index (χ1v) is 12.2. The van der Waals surface area contributed by atoms with Gasteiger partial charge in [-0.2, -0.15) is 13.2 Å². The summed E-state index contributed by atoms with van der Waals surface area (Å²) < 4.78 is 44.8. The molecule has 3 aromatic carbocycles. The van der Waals surface area contributed by atoms with Crippen LogP contribution in [-0.2, 0) is 20.5 Å². The van der Waals surface area contributed by atoms with Gasteiger partial charge in [0.15, 0.2) is 0 Å². The Kier molecular flexibility index (Phi) is 7.96. The van der Waals surface area contributed by atoms with Gasteiger partial charge in [-0.1, -0.05) is 23.7 Å². The van der Waals surface area contributed by atoms with E-state index in [0.29, 0.717) is 0 Å². The molecule has 206 valence electrons. The Labute approximate surface area is 231 Å². The first-order valence-electron chi connectivity index (χ1n) is 11.8. The zero-order valence-electron chi connectivity index (χ0n) is 21.0. The van der Waals surface area contributed by atoms with E-state index in [4.69, 9.17) is 16.3 Å². The van der Waals surface area contributed by atoms with E-state index < -0.39 is 35.4 Å². The fraction of sp³-hybridized carbons (Fsp3) is 0.143. The molecule has 40 heavy (non-hydrogen) atoms. The molecule has 0 fully saturated rings. The second kappa shape index (κ2) is 11.2. The highest BCUT2D eigenvalue weighted by Crippen LogP contribution is 2.35. The average molecular weight is 572 g/mol. The maximum absolute atomic E-state index is 13.2. The summed E-state index contributed by atoms with van der Waals surface area (Å²) in [5.74, 6) is -2.87. The number of benzene rings is 3. The lowest BCUT2D eigenvalue weighted by Gasteiger charge is -2.16. The zero-order valence-corrected chi connectivity index (χ0v) is 21.8. The van der Waals surface area contributed by atoms with Gasteiger partial charge in [0.2, 0.25) is 0 Å². The number of imide groups is 1. The zero-order chi connectivity index (χ0) is 29.2. The monoisotopic (exact) mass is 571 g/mol. The van der Waals surface area contributed by atoms with E-state index in [1.54, 1.807) is 13.8 Å². The van der Waals surface area contributed by atoms with E-state index in [9.17, 15) is 32.3 Å². The molecule has 3 aromatic rings. The van der Waals surface area contributed by atoms with E-state index in [2.05, 4.69) is 10.6 Å². The summed E-state index contributed by atoms with van der Waals surface area (Å²) in [6.45, 7) is 3.41. The van der Waals surface area contributed by atoms with Crippen LogP contribution in [0.25, 0.3) is 0 Å². The van der Waals surface area contributed by atoms with E-state index in [1.165, 1.54) is 60.7 Å². The topological polar surface area (TPSA) is 105 Å². The number of para-hydroxylation sites is 1. The maximum Gasteiger partial charge on any atom is 0.418 e. The Hall–Kier alpha value is -4.64. The van der Waals surface area contributed by atoms with E-state index >= 15 is 0 Å². The highest BCUT2D eigenvalue weighted by molar-refractivity contribution is 6.53. The molecule has 0 aromatic heterocycles. The molecule has 3 amide bonds. The number of hydrogen-bond acceptors (Lipinski definition) is 6. The maximum atomic E-state index is 13.2. The summed E-state index contributed by atoms with van der Waals surface area (Å²) in [7, 11) is 0. The highest BCUT2D eigenvalue weighted by Gasteiger charge is 2.39. The number of carbonyl (C=O) groups is 4. The van der Waals surface area contributed by atoms with Crippen molar-refractivity contribution in [1.82, 2.24) is 0 Å². The molecule has 0 radical (unpaired) electrons. The molecule has 1 heterocycles. The number of nitrogens with one attached hydrogen (secondary N) is 2. The van der Waals surface area contributed by atoms with Crippen LogP contribution in [0.1, 0.15) is 40.1 Å². The van der Waals surface area contributed by atoms with Crippen molar-refractivity contribution in [1.29, 1.82) is 0 Å². The summed E-state index contributed by atoms with van der Waals surface area (Å²) in [4.78, 5) is 51.2. The van der Waals surface area contributed by atoms with Gasteiger partial charge in [-0.05, 0) is 74.5 Å². The van der Waals surface area contributed by atoms with Crippen LogP contribution in [0, 0.1) is 0 Å². The number of halogens is 4. The van der Waals surface area contributed by atoms with Crippen molar-refractivity contribution < 1.29 is 37.1 Å². The van der Waals surface area contributed by atoms with Gasteiger partial charge in [0.05, 0.1) is 28.6 Å². The third-order valence-corrected chi connectivity index (χ3v) is 5.98. The normalized spacial score (nSPS) is 13.6. The minimum absolute atomic E-state index is 0.0501. The van der Waals surface area contributed by atoms with Crippen LogP contribution < -0.4 is 15.5 Å². The first-order chi connectivity index (χ1) is 18.9. The van der Waals surface area contributed by atoms with Crippen LogP contribution in [0.4, 0.5) is 30.2 Å². The summed E-state index contributed by atoms with van der Waals surface area (Å²) in [6.07, 6.45) is -4.97. The molecule has 8 nitrogen and oxygen atoms in total. The van der Waals surface area contributed by atoms with Crippen LogP contribution in [0.3, 0.4) is 0 Å². The first kappa shape index (κ1) is 28.4. The van der Waals surface area contributed by atoms with Gasteiger partial charge < -0.3 is 15.4 Å². The molecule has 0 unspecified atom stereocenters. The number of ether oxygens (including phenoxy) is 1. The molecule has 2 N–H and O–H groups in total. The molecular formula is C28H21ClF3N3O5. The van der Waals surface area contributed by atoms with Crippen molar-refractivity contribution in [3.8, 4) is 0 Å². The number of carbonyl (C=O) groups excluding carboxylic acids is 4. The van der Waals surface area contributed by atoms with Crippen LogP contribution in [0.2, 0.25) is 0 Å². The minimum Gasteiger partial charge on any atom is -0.459 e. The van der Waals surface area contributed by atoms with Gasteiger partial charge in [-0.15, -0.1) is 0 Å². The van der Waals surface area contributed by atoms with Crippen molar-refractivity contribution in [2.24, 2.45) is 0 Å². The minimum atomic E-state index is -4.65. The molecule has 0 bridgehead atoms. The van der Waals surface area contributed by atoms with E-state index in [-0.39, 0.29) is 45.0 Å². The van der Waals surface area contributed by atoms with Crippen molar-refractivity contribution in [2.75, 3.05) is 15.5 Å². The van der Waals surface area contributed by atoms with Crippen LogP contribution in [0.15, 0.2) is 83.5 Å². The molecule has 1 aliphatic rings. The molecule has 0 saturated carbocycles. The van der Waals surface area contributed by atoms with Crippen molar-refractivity contribution in [2.45, 2.75) is 26.1 Å². The number of hydrogen-bond donors (Lipinski definition) is 2. The Morgan fingerprint density at radius 2 is 1.48 bits per heavy atom. The Bertz CT molecular complexity index is 1520. The van der Waals surface area contributed by atoms with Crippen molar-refractivity contribution in [3.63, 3.8) is 0 Å². The van der Waals surface area contributed by atoms with Gasteiger partial charge in [0, 0.05) is 11.3 Å². The molecule has 1 aliphatic heterocycles. The third kappa shape index (κ3) is 5.99. The Balaban J connectivity index is 1.46. The molecule has 0 spiro atoms. The predicted molar refractivity (Wildman–Crippen MR) is 142 cm³/mol. The van der Waals surface area contributed by atoms with Crippen LogP contribution in [0.5, 0.6) is 0 Å². The van der Waals surface area contributed by atoms with Gasteiger partial charge in [0.25, 0.3) is 17.7 Å². The molecule has 12 heteroatoms. The lowest BCUT2D eigenvalue weighted by molar-refractivity contribution is -0.137. The number of alkyl halides is 3. The second-order valence-corrected chi connectivity index (χ2v) is 9.21. The third-order valence-electron chi connectivity index (χ3n) is 5.63. The van der Waals surface area contributed by atoms with Crippen LogP contribution >= 0.6 is 11.6 Å². The lowest BCUT2D eigenvalue weighted by atomic mass is 10.1. The number of amides is 3. The predicted octanol–water partition coefficient (Wildman–Crippen LogP) is 5.96. The fourth-order valence-electron chi connectivity index (χ4n) is 3.76. The average Bonchev–Trinajstić information content (AvgIpc) is 3.11. The molecular weight excluding hydrogens is 551 g/mol. The van der Waals surface area contributed by atoms with Crippen molar-refractivity contribution in [3.05, 3.63) is 100 Å². The standard InChI is InChI=1S/C28H21ClF3N3O5/c1-15(2)40-27(39)17-9-13-19(14-10-17)35-25(37)22(29)23(26(35)38)33-18-11-7-16(8-12-18)24(36)34-21-6-4-3-5-20(21)28(30,31)32/h3-15,33H,1-2H3,(H,34,36). The molecule has 0 saturated heterocycles. The number of anilines is 3. The van der Waals surface area contributed by atoms with E-state index in [0.717, 1.165) is 17.0 Å². The quantitative estimate of drug-likeness (QED) is 0.268. The SMILES string of the molecule is CC(C)OC(=O)c1ccc(N2C(=O)C(Cl)=C(Nc3ccc(C(=O)Nc4ccccc4C(F)(F)F)cc3)C2=O)cc1.